The van der Waals surface area contributed by atoms with Gasteiger partial charge >= 0.3 is 23.9 Å². The van der Waals surface area contributed by atoms with Crippen molar-refractivity contribution in [2.45, 2.75) is 64.5 Å². The van der Waals surface area contributed by atoms with Crippen LogP contribution in [0.4, 0.5) is 0 Å². The normalized spacial score (nSPS) is 20.3. The molecule has 45 heavy (non-hydrogen) atoms. The monoisotopic (exact) mass is 634 g/mol. The predicted octanol–water partition coefficient (Wildman–Crippen LogP) is 2.93. The molecule has 14 heteroatoms. The fourth-order valence-electron chi connectivity index (χ4n) is 4.65. The average Bonchev–Trinajstić information content (AvgIpc) is 3.30. The van der Waals surface area contributed by atoms with Crippen LogP contribution in [0.1, 0.15) is 39.4 Å². The molecule has 2 aromatic carbocycles. The van der Waals surface area contributed by atoms with Crippen molar-refractivity contribution in [2.75, 3.05) is 34.5 Å². The molecule has 0 N–H and O–H groups in total. The quantitative estimate of drug-likeness (QED) is 0.160. The lowest BCUT2D eigenvalue weighted by molar-refractivity contribution is -0.182. The number of para-hydroxylation sites is 2. The number of ether oxygens (including phenoxy) is 10. The number of carbonyl (C=O) groups is 4. The van der Waals surface area contributed by atoms with Crippen LogP contribution in [0.2, 0.25) is 0 Å². The van der Waals surface area contributed by atoms with Gasteiger partial charge < -0.3 is 47.4 Å². The molecule has 3 rings (SSSR count). The zero-order chi connectivity index (χ0) is 33.1. The van der Waals surface area contributed by atoms with Crippen LogP contribution in [0, 0.1) is 0 Å². The minimum absolute atomic E-state index is 0.163. The van der Waals surface area contributed by atoms with Crippen LogP contribution in [-0.2, 0) is 47.6 Å². The fourth-order valence-corrected chi connectivity index (χ4v) is 4.65. The van der Waals surface area contributed by atoms with E-state index in [4.69, 9.17) is 47.4 Å². The summed E-state index contributed by atoms with van der Waals surface area (Å²) in [6, 6.07) is 11.6. The van der Waals surface area contributed by atoms with Gasteiger partial charge in [-0.05, 0) is 29.8 Å². The molecular weight excluding hydrogens is 596 g/mol. The van der Waals surface area contributed by atoms with Gasteiger partial charge in [0.15, 0.2) is 47.6 Å². The van der Waals surface area contributed by atoms with E-state index in [1.54, 1.807) is 36.4 Å². The predicted molar refractivity (Wildman–Crippen MR) is 154 cm³/mol. The molecule has 0 saturated carbocycles. The minimum atomic E-state index is -1.08. The molecule has 1 fully saturated rings. The molecule has 0 bridgehead atoms. The molecule has 246 valence electrons. The summed E-state index contributed by atoms with van der Waals surface area (Å²) in [6.45, 7) is 4.43. The molecule has 0 aromatic heterocycles. The molecule has 6 atom stereocenters. The third-order valence-corrected chi connectivity index (χ3v) is 6.45. The first-order chi connectivity index (χ1) is 21.5. The maximum atomic E-state index is 12.0. The maximum absolute atomic E-state index is 12.0. The summed E-state index contributed by atoms with van der Waals surface area (Å²) in [5.41, 5.74) is 0.469. The maximum Gasteiger partial charge on any atom is 0.308 e. The fraction of sp³-hybridized carbons (Fsp3) is 0.484. The molecule has 1 aliphatic heterocycles. The van der Waals surface area contributed by atoms with Crippen molar-refractivity contribution < 1.29 is 66.5 Å². The highest BCUT2D eigenvalue weighted by molar-refractivity contribution is 5.70. The summed E-state index contributed by atoms with van der Waals surface area (Å²) in [4.78, 5) is 47.4. The highest BCUT2D eigenvalue weighted by Gasteiger charge is 2.50. The molecule has 1 heterocycles. The Labute approximate surface area is 260 Å². The van der Waals surface area contributed by atoms with Gasteiger partial charge in [0.2, 0.25) is 0 Å². The molecule has 0 spiro atoms. The minimum Gasteiger partial charge on any atom is -0.493 e. The largest absolute Gasteiger partial charge is 0.493 e. The van der Waals surface area contributed by atoms with Crippen molar-refractivity contribution in [3.63, 3.8) is 0 Å². The Hall–Kier alpha value is -4.40. The number of esters is 4. The van der Waals surface area contributed by atoms with Crippen molar-refractivity contribution in [1.29, 1.82) is 0 Å². The first kappa shape index (κ1) is 35.1. The SMILES string of the molecule is COc1cc(C(OC[C@@H]2O[C@@H](OC)[C@H](OC(C)=O)[C@H]2OC(C)=O)C(COC(C)=O)Oc2ccccc2OC)ccc1OC(C)=O. The van der Waals surface area contributed by atoms with Crippen LogP contribution in [0.5, 0.6) is 23.0 Å². The van der Waals surface area contributed by atoms with Gasteiger partial charge in [-0.15, -0.1) is 0 Å². The molecule has 1 saturated heterocycles. The van der Waals surface area contributed by atoms with E-state index in [-0.39, 0.29) is 24.7 Å². The first-order valence-electron chi connectivity index (χ1n) is 13.9. The molecule has 0 radical (unpaired) electrons. The van der Waals surface area contributed by atoms with Gasteiger partial charge in [-0.1, -0.05) is 18.2 Å². The third kappa shape index (κ3) is 9.80. The van der Waals surface area contributed by atoms with E-state index >= 15 is 0 Å². The molecular formula is C31H38O14. The molecule has 2 unspecified atom stereocenters. The first-order valence-corrected chi connectivity index (χ1v) is 13.9. The summed E-state index contributed by atoms with van der Waals surface area (Å²) in [6.07, 6.45) is -6.19. The van der Waals surface area contributed by atoms with Gasteiger partial charge in [0, 0.05) is 34.8 Å². The van der Waals surface area contributed by atoms with E-state index in [0.717, 1.165) is 0 Å². The van der Waals surface area contributed by atoms with E-state index < -0.39 is 60.7 Å². The van der Waals surface area contributed by atoms with Crippen molar-refractivity contribution in [3.8, 4) is 23.0 Å². The zero-order valence-electron chi connectivity index (χ0n) is 26.1. The standard InChI is InChI=1S/C31H38O14/c1-17(32)39-15-26(44-23-11-9-8-10-22(23)36-5)28(21-12-13-24(41-18(2)33)25(14-21)37-6)40-16-27-29(42-19(3)34)30(43-20(4)35)31(38-7)45-27/h8-14,26-31H,15-16H2,1-7H3/t26?,27-,28?,29-,30+,31+/m0/s1. The summed E-state index contributed by atoms with van der Waals surface area (Å²) in [7, 11) is 4.24. The Morgan fingerprint density at radius 2 is 1.40 bits per heavy atom. The van der Waals surface area contributed by atoms with E-state index in [1.807, 2.05) is 0 Å². The lowest BCUT2D eigenvalue weighted by Gasteiger charge is -2.30. The zero-order valence-corrected chi connectivity index (χ0v) is 26.1. The Kier molecular flexibility index (Phi) is 12.9. The lowest BCUT2D eigenvalue weighted by atomic mass is 10.0. The molecule has 0 aliphatic carbocycles. The van der Waals surface area contributed by atoms with Crippen LogP contribution in [0.25, 0.3) is 0 Å². The molecule has 2 aromatic rings. The Morgan fingerprint density at radius 3 is 1.98 bits per heavy atom. The lowest BCUT2D eigenvalue weighted by Crippen LogP contribution is -2.42. The second-order valence-electron chi connectivity index (χ2n) is 9.79. The van der Waals surface area contributed by atoms with E-state index in [1.165, 1.54) is 55.1 Å². The number of hydrogen-bond acceptors (Lipinski definition) is 14. The van der Waals surface area contributed by atoms with Gasteiger partial charge in [-0.25, -0.2) is 0 Å². The second-order valence-corrected chi connectivity index (χ2v) is 9.79. The summed E-state index contributed by atoms with van der Waals surface area (Å²) >= 11 is 0. The smallest absolute Gasteiger partial charge is 0.308 e. The van der Waals surface area contributed by atoms with Gasteiger partial charge in [-0.2, -0.15) is 0 Å². The Bertz CT molecular complexity index is 1330. The Balaban J connectivity index is 2.05. The van der Waals surface area contributed by atoms with Crippen LogP contribution in [0.15, 0.2) is 42.5 Å². The van der Waals surface area contributed by atoms with Crippen LogP contribution in [-0.4, -0.2) is 89.1 Å². The molecule has 14 nitrogen and oxygen atoms in total. The molecule has 0 amide bonds. The number of hydrogen-bond donors (Lipinski definition) is 0. The average molecular weight is 635 g/mol. The number of benzene rings is 2. The summed E-state index contributed by atoms with van der Waals surface area (Å²) < 4.78 is 56.4. The second kappa shape index (κ2) is 16.6. The van der Waals surface area contributed by atoms with Crippen LogP contribution in [0.3, 0.4) is 0 Å². The van der Waals surface area contributed by atoms with Crippen molar-refractivity contribution >= 4 is 23.9 Å². The van der Waals surface area contributed by atoms with E-state index in [9.17, 15) is 19.2 Å². The van der Waals surface area contributed by atoms with E-state index in [2.05, 4.69) is 0 Å². The van der Waals surface area contributed by atoms with Crippen molar-refractivity contribution in [3.05, 3.63) is 48.0 Å². The van der Waals surface area contributed by atoms with Crippen molar-refractivity contribution in [1.82, 2.24) is 0 Å². The van der Waals surface area contributed by atoms with E-state index in [0.29, 0.717) is 17.1 Å². The molecule has 1 aliphatic rings. The Morgan fingerprint density at radius 1 is 0.756 bits per heavy atom. The van der Waals surface area contributed by atoms with Crippen LogP contribution < -0.4 is 18.9 Å². The van der Waals surface area contributed by atoms with Gasteiger partial charge in [-0.3, -0.25) is 19.2 Å². The highest BCUT2D eigenvalue weighted by Crippen LogP contribution is 2.37. The van der Waals surface area contributed by atoms with Gasteiger partial charge in [0.25, 0.3) is 0 Å². The van der Waals surface area contributed by atoms with Crippen LogP contribution >= 0.6 is 0 Å². The van der Waals surface area contributed by atoms with Gasteiger partial charge in [0.1, 0.15) is 18.8 Å². The number of carbonyl (C=O) groups excluding carboxylic acids is 4. The topological polar surface area (TPSA) is 161 Å². The highest BCUT2D eigenvalue weighted by atomic mass is 16.7. The number of methoxy groups -OCH3 is 3. The number of rotatable bonds is 15. The van der Waals surface area contributed by atoms with Crippen molar-refractivity contribution in [2.24, 2.45) is 0 Å². The third-order valence-electron chi connectivity index (χ3n) is 6.45. The summed E-state index contributed by atoms with van der Waals surface area (Å²) in [5, 5.41) is 0. The summed E-state index contributed by atoms with van der Waals surface area (Å²) in [5.74, 6) is -1.27. The van der Waals surface area contributed by atoms with Gasteiger partial charge in [0.05, 0.1) is 20.8 Å².